The summed E-state index contributed by atoms with van der Waals surface area (Å²) in [5.41, 5.74) is 0. The predicted molar refractivity (Wildman–Crippen MR) is 161 cm³/mol. The van der Waals surface area contributed by atoms with Crippen molar-refractivity contribution in [3.8, 4) is 0 Å². The molecule has 0 amide bonds. The normalized spacial score (nSPS) is 11.5. The van der Waals surface area contributed by atoms with Crippen LogP contribution in [-0.2, 0) is 24.4 Å². The minimum atomic E-state index is -4.84. The van der Waals surface area contributed by atoms with Crippen LogP contribution in [-0.4, -0.2) is 113 Å². The van der Waals surface area contributed by atoms with Gasteiger partial charge in [-0.3, -0.25) is 14.1 Å². The summed E-state index contributed by atoms with van der Waals surface area (Å²) in [6.45, 7) is 6.57. The van der Waals surface area contributed by atoms with Crippen LogP contribution in [0.5, 0.6) is 0 Å². The standard InChI is InChI=1S/C24H50O.C4H6O7S.2Na/c1-3-5-7-9-11-13-15-17-19-21-23-25-24-22-20-18-16-14-12-10-8-6-4-2;5-3(6)1-2(4(7)8)12(9,10)11;;/h3-24H2,1-2H3;2H,1H2,(H,5,6)(H,7,8)(H,9,10,11);;. The summed E-state index contributed by atoms with van der Waals surface area (Å²) in [7, 11) is -4.84. The quantitative estimate of drug-likeness (QED) is 0.0556. The van der Waals surface area contributed by atoms with Crippen LogP contribution < -0.4 is 0 Å². The van der Waals surface area contributed by atoms with E-state index in [1.54, 1.807) is 0 Å². The van der Waals surface area contributed by atoms with E-state index in [9.17, 15) is 18.0 Å². The molecule has 0 aromatic rings. The third-order valence-electron chi connectivity index (χ3n) is 6.28. The maximum absolute atomic E-state index is 10.2. The molecule has 39 heavy (non-hydrogen) atoms. The van der Waals surface area contributed by atoms with Gasteiger partial charge in [-0.25, -0.2) is 0 Å². The van der Waals surface area contributed by atoms with Gasteiger partial charge in [-0.2, -0.15) is 8.42 Å². The fourth-order valence-corrected chi connectivity index (χ4v) is 4.57. The molecule has 2 radical (unpaired) electrons. The molecule has 0 spiro atoms. The second-order valence-electron chi connectivity index (χ2n) is 9.92. The minimum Gasteiger partial charge on any atom is -0.481 e. The number of carbonyl (C=O) groups is 2. The van der Waals surface area contributed by atoms with Gasteiger partial charge in [-0.05, 0) is 12.8 Å². The van der Waals surface area contributed by atoms with Crippen LogP contribution in [0.2, 0.25) is 0 Å². The number of ether oxygens (including phenoxy) is 1. The van der Waals surface area contributed by atoms with Crippen LogP contribution in [0.25, 0.3) is 0 Å². The Kier molecular flexibility index (Phi) is 42.0. The van der Waals surface area contributed by atoms with Gasteiger partial charge < -0.3 is 14.9 Å². The van der Waals surface area contributed by atoms with Crippen molar-refractivity contribution in [3.05, 3.63) is 0 Å². The molecule has 0 bridgehead atoms. The van der Waals surface area contributed by atoms with Crippen molar-refractivity contribution in [1.82, 2.24) is 0 Å². The molecule has 0 saturated carbocycles. The fourth-order valence-electron chi connectivity index (χ4n) is 3.96. The molecule has 0 fully saturated rings. The van der Waals surface area contributed by atoms with Gasteiger partial charge in [0.15, 0.2) is 5.25 Å². The van der Waals surface area contributed by atoms with E-state index in [1.165, 1.54) is 128 Å². The number of carboxylic acids is 2. The molecule has 0 saturated heterocycles. The van der Waals surface area contributed by atoms with Gasteiger partial charge in [0.2, 0.25) is 0 Å². The van der Waals surface area contributed by atoms with Crippen molar-refractivity contribution in [1.29, 1.82) is 0 Å². The van der Waals surface area contributed by atoms with E-state index >= 15 is 0 Å². The van der Waals surface area contributed by atoms with Crippen LogP contribution in [0.15, 0.2) is 0 Å². The molecule has 224 valence electrons. The summed E-state index contributed by atoms with van der Waals surface area (Å²) in [4.78, 5) is 20.0. The molecule has 0 rings (SSSR count). The first-order valence-electron chi connectivity index (χ1n) is 14.6. The summed E-state index contributed by atoms with van der Waals surface area (Å²) in [6, 6.07) is 0. The summed E-state index contributed by atoms with van der Waals surface area (Å²) in [5, 5.41) is 13.9. The SMILES string of the molecule is CCCCCCCCCCCCOCCCCCCCCCCCC.O=C(O)CC(C(=O)O)S(=O)(=O)O.[Na].[Na]. The first-order valence-corrected chi connectivity index (χ1v) is 16.2. The van der Waals surface area contributed by atoms with Crippen LogP contribution >= 0.6 is 0 Å². The molecule has 0 aliphatic rings. The molecule has 3 N–H and O–H groups in total. The molecule has 8 nitrogen and oxygen atoms in total. The van der Waals surface area contributed by atoms with Crippen molar-refractivity contribution in [2.75, 3.05) is 13.2 Å². The van der Waals surface area contributed by atoms with Crippen molar-refractivity contribution in [2.24, 2.45) is 0 Å². The van der Waals surface area contributed by atoms with Crippen LogP contribution in [0, 0.1) is 0 Å². The number of rotatable bonds is 26. The summed E-state index contributed by atoms with van der Waals surface area (Å²) >= 11 is 0. The Balaban J connectivity index is -0.000000371. The van der Waals surface area contributed by atoms with Crippen LogP contribution in [0.4, 0.5) is 0 Å². The Morgan fingerprint density at radius 3 is 1.08 bits per heavy atom. The maximum Gasteiger partial charge on any atom is 0.325 e. The van der Waals surface area contributed by atoms with E-state index in [-0.39, 0.29) is 59.1 Å². The summed E-state index contributed by atoms with van der Waals surface area (Å²) in [6.07, 6.45) is 27.0. The van der Waals surface area contributed by atoms with E-state index < -0.39 is 33.7 Å². The average molecular weight is 599 g/mol. The smallest absolute Gasteiger partial charge is 0.325 e. The zero-order chi connectivity index (χ0) is 28.2. The van der Waals surface area contributed by atoms with Crippen LogP contribution in [0.3, 0.4) is 0 Å². The molecular weight excluding hydrogens is 542 g/mol. The Morgan fingerprint density at radius 1 is 0.590 bits per heavy atom. The van der Waals surface area contributed by atoms with E-state index in [0.29, 0.717) is 0 Å². The van der Waals surface area contributed by atoms with Gasteiger partial charge in [-0.15, -0.1) is 0 Å². The monoisotopic (exact) mass is 598 g/mol. The third-order valence-corrected chi connectivity index (χ3v) is 7.37. The largest absolute Gasteiger partial charge is 0.481 e. The minimum absolute atomic E-state index is 0. The Labute approximate surface area is 283 Å². The van der Waals surface area contributed by atoms with Crippen molar-refractivity contribution in [2.45, 2.75) is 154 Å². The first kappa shape index (κ1) is 46.8. The number of hydrogen-bond donors (Lipinski definition) is 3. The van der Waals surface area contributed by atoms with E-state index in [2.05, 4.69) is 13.8 Å². The molecule has 0 aliphatic heterocycles. The van der Waals surface area contributed by atoms with Gasteiger partial charge in [0.25, 0.3) is 10.1 Å². The van der Waals surface area contributed by atoms with Crippen LogP contribution in [0.1, 0.15) is 149 Å². The zero-order valence-electron chi connectivity index (χ0n) is 25.6. The second kappa shape index (κ2) is 35.0. The molecule has 0 aliphatic carbocycles. The molecule has 0 heterocycles. The van der Waals surface area contributed by atoms with Gasteiger partial charge in [0.05, 0.1) is 6.42 Å². The topological polar surface area (TPSA) is 138 Å². The van der Waals surface area contributed by atoms with Gasteiger partial charge in [0.1, 0.15) is 0 Å². The second-order valence-corrected chi connectivity index (χ2v) is 11.5. The number of unbranched alkanes of at least 4 members (excludes halogenated alkanes) is 18. The van der Waals surface area contributed by atoms with E-state index in [4.69, 9.17) is 19.5 Å². The Hall–Kier alpha value is 0.810. The first-order chi connectivity index (χ1) is 17.7. The van der Waals surface area contributed by atoms with E-state index in [0.717, 1.165) is 13.2 Å². The summed E-state index contributed by atoms with van der Waals surface area (Å²) in [5.74, 6) is -3.50. The molecule has 1 unspecified atom stereocenters. The third kappa shape index (κ3) is 38.8. The number of aliphatic carboxylic acids is 2. The Bertz CT molecular complexity index is 611. The maximum atomic E-state index is 10.2. The predicted octanol–water partition coefficient (Wildman–Crippen LogP) is 6.89. The fraction of sp³-hybridized carbons (Fsp3) is 0.929. The molecule has 1 atom stereocenters. The molecule has 11 heteroatoms. The van der Waals surface area contributed by atoms with Crippen molar-refractivity contribution in [3.63, 3.8) is 0 Å². The van der Waals surface area contributed by atoms with Gasteiger partial charge in [0, 0.05) is 72.3 Å². The van der Waals surface area contributed by atoms with Crippen molar-refractivity contribution < 1.29 is 37.5 Å². The van der Waals surface area contributed by atoms with E-state index in [1.807, 2.05) is 0 Å². The molecule has 0 aromatic heterocycles. The molecule has 0 aromatic carbocycles. The zero-order valence-corrected chi connectivity index (χ0v) is 30.4. The molecular formula is C28H56Na2O8S. The number of carboxylic acid groups (broad SMARTS) is 2. The van der Waals surface area contributed by atoms with Crippen molar-refractivity contribution >= 4 is 81.2 Å². The average Bonchev–Trinajstić information content (AvgIpc) is 2.83. The van der Waals surface area contributed by atoms with Gasteiger partial charge >= 0.3 is 11.9 Å². The Morgan fingerprint density at radius 2 is 0.872 bits per heavy atom. The number of hydrogen-bond acceptors (Lipinski definition) is 5. The summed E-state index contributed by atoms with van der Waals surface area (Å²) < 4.78 is 34.4. The van der Waals surface area contributed by atoms with Gasteiger partial charge in [-0.1, -0.05) is 129 Å².